The summed E-state index contributed by atoms with van der Waals surface area (Å²) in [7, 11) is 1.54. The van der Waals surface area contributed by atoms with Crippen molar-refractivity contribution in [3.05, 3.63) is 39.9 Å². The first-order valence-electron chi connectivity index (χ1n) is 6.34. The number of carboxylic acid groups (broad SMARTS) is 1. The number of carboxylic acids is 1. The van der Waals surface area contributed by atoms with Crippen LogP contribution in [0.15, 0.2) is 24.3 Å². The van der Waals surface area contributed by atoms with E-state index in [9.17, 15) is 19.7 Å². The molecule has 0 unspecified atom stereocenters. The van der Waals surface area contributed by atoms with E-state index in [1.165, 1.54) is 30.9 Å². The van der Waals surface area contributed by atoms with Crippen molar-refractivity contribution in [3.63, 3.8) is 0 Å². The van der Waals surface area contributed by atoms with Crippen molar-refractivity contribution in [2.45, 2.75) is 26.8 Å². The molecule has 0 radical (unpaired) electrons. The quantitative estimate of drug-likeness (QED) is 0.639. The Morgan fingerprint density at radius 3 is 2.52 bits per heavy atom. The predicted octanol–water partition coefficient (Wildman–Crippen LogP) is 2.05. The monoisotopic (exact) mass is 294 g/mol. The van der Waals surface area contributed by atoms with E-state index in [4.69, 9.17) is 5.11 Å². The lowest BCUT2D eigenvalue weighted by Crippen LogP contribution is -2.34. The summed E-state index contributed by atoms with van der Waals surface area (Å²) in [5.41, 5.74) is -0.569. The fourth-order valence-corrected chi connectivity index (χ4v) is 1.72. The van der Waals surface area contributed by atoms with Crippen LogP contribution in [-0.2, 0) is 16.1 Å². The third kappa shape index (κ3) is 4.55. The van der Waals surface area contributed by atoms with Crippen LogP contribution in [0, 0.1) is 15.5 Å². The number of rotatable bonds is 6. The number of non-ortho nitro benzene ring substituents is 1. The van der Waals surface area contributed by atoms with Crippen molar-refractivity contribution in [1.82, 2.24) is 4.90 Å². The van der Waals surface area contributed by atoms with Crippen molar-refractivity contribution in [3.8, 4) is 0 Å². The van der Waals surface area contributed by atoms with Crippen LogP contribution in [-0.4, -0.2) is 33.9 Å². The zero-order valence-electron chi connectivity index (χ0n) is 12.2. The van der Waals surface area contributed by atoms with Gasteiger partial charge in [-0.3, -0.25) is 19.7 Å². The van der Waals surface area contributed by atoms with Crippen molar-refractivity contribution in [2.75, 3.05) is 7.05 Å². The number of hydrogen-bond acceptors (Lipinski definition) is 4. The summed E-state index contributed by atoms with van der Waals surface area (Å²) >= 11 is 0. The Kier molecular flexibility index (Phi) is 5.02. The summed E-state index contributed by atoms with van der Waals surface area (Å²) in [4.78, 5) is 34.6. The number of nitro benzene ring substituents is 1. The Hall–Kier alpha value is -2.44. The lowest BCUT2D eigenvalue weighted by atomic mass is 9.89. The first-order chi connectivity index (χ1) is 9.63. The summed E-state index contributed by atoms with van der Waals surface area (Å²) in [6.45, 7) is 3.15. The van der Waals surface area contributed by atoms with E-state index in [1.807, 2.05) is 0 Å². The molecule has 1 aromatic rings. The van der Waals surface area contributed by atoms with Gasteiger partial charge < -0.3 is 10.0 Å². The molecule has 0 bridgehead atoms. The molecule has 0 aliphatic heterocycles. The van der Waals surface area contributed by atoms with Gasteiger partial charge in [0.1, 0.15) is 0 Å². The third-order valence-corrected chi connectivity index (χ3v) is 3.14. The van der Waals surface area contributed by atoms with Crippen LogP contribution in [0.2, 0.25) is 0 Å². The van der Waals surface area contributed by atoms with Gasteiger partial charge in [0.2, 0.25) is 5.91 Å². The second-order valence-electron chi connectivity index (χ2n) is 5.54. The van der Waals surface area contributed by atoms with Crippen LogP contribution in [0.1, 0.15) is 25.8 Å². The molecule has 7 nitrogen and oxygen atoms in total. The molecule has 21 heavy (non-hydrogen) atoms. The van der Waals surface area contributed by atoms with Gasteiger partial charge in [-0.25, -0.2) is 0 Å². The molecule has 0 atom stereocenters. The van der Waals surface area contributed by atoms with Gasteiger partial charge in [0.05, 0.1) is 10.3 Å². The van der Waals surface area contributed by atoms with Gasteiger partial charge in [0.15, 0.2) is 0 Å². The van der Waals surface area contributed by atoms with E-state index in [2.05, 4.69) is 0 Å². The van der Waals surface area contributed by atoms with Gasteiger partial charge in [-0.2, -0.15) is 0 Å². The Balaban J connectivity index is 2.75. The normalized spacial score (nSPS) is 11.0. The molecule has 0 aliphatic carbocycles. The van der Waals surface area contributed by atoms with Crippen LogP contribution in [0.3, 0.4) is 0 Å². The molecular formula is C14H18N2O5. The van der Waals surface area contributed by atoms with Crippen LogP contribution in [0.25, 0.3) is 0 Å². The Bertz CT molecular complexity index is 568. The summed E-state index contributed by atoms with van der Waals surface area (Å²) in [6, 6.07) is 6.00. The van der Waals surface area contributed by atoms with Crippen LogP contribution in [0.4, 0.5) is 5.69 Å². The molecule has 1 rings (SSSR count). The molecule has 1 N–H and O–H groups in total. The summed E-state index contributed by atoms with van der Waals surface area (Å²) in [5.74, 6) is -1.37. The van der Waals surface area contributed by atoms with E-state index in [1.54, 1.807) is 19.2 Å². The number of aliphatic carboxylic acids is 1. The number of amides is 1. The second kappa shape index (κ2) is 6.34. The van der Waals surface area contributed by atoms with Gasteiger partial charge in [0.25, 0.3) is 5.69 Å². The molecule has 7 heteroatoms. The highest BCUT2D eigenvalue weighted by Crippen LogP contribution is 2.22. The number of hydrogen-bond donors (Lipinski definition) is 1. The van der Waals surface area contributed by atoms with E-state index >= 15 is 0 Å². The molecular weight excluding hydrogens is 276 g/mol. The smallest absolute Gasteiger partial charge is 0.309 e. The highest BCUT2D eigenvalue weighted by atomic mass is 16.6. The number of carbonyl (C=O) groups is 2. The summed E-state index contributed by atoms with van der Waals surface area (Å²) in [5, 5.41) is 19.7. The van der Waals surface area contributed by atoms with Crippen molar-refractivity contribution in [1.29, 1.82) is 0 Å². The Morgan fingerprint density at radius 2 is 2.00 bits per heavy atom. The summed E-state index contributed by atoms with van der Waals surface area (Å²) in [6.07, 6.45) is -0.131. The van der Waals surface area contributed by atoms with E-state index in [0.717, 1.165) is 0 Å². The van der Waals surface area contributed by atoms with Gasteiger partial charge in [-0.05, 0) is 19.4 Å². The average molecular weight is 294 g/mol. The molecule has 0 aromatic heterocycles. The standard InChI is InChI=1S/C14H18N2O5/c1-14(2,13(18)19)8-12(17)15(3)9-10-5-4-6-11(7-10)16(20)21/h4-7H,8-9H2,1-3H3,(H,18,19). The maximum atomic E-state index is 12.0. The third-order valence-electron chi connectivity index (χ3n) is 3.14. The van der Waals surface area contributed by atoms with Gasteiger partial charge in [0, 0.05) is 32.1 Å². The molecule has 1 amide bonds. The number of carbonyl (C=O) groups excluding carboxylic acids is 1. The molecule has 0 saturated heterocycles. The zero-order valence-corrected chi connectivity index (χ0v) is 12.2. The summed E-state index contributed by atoms with van der Waals surface area (Å²) < 4.78 is 0. The molecule has 0 saturated carbocycles. The SMILES string of the molecule is CN(Cc1cccc([N+](=O)[O-])c1)C(=O)CC(C)(C)C(=O)O. The fraction of sp³-hybridized carbons (Fsp3) is 0.429. The molecule has 0 heterocycles. The van der Waals surface area contributed by atoms with Crippen LogP contribution < -0.4 is 0 Å². The predicted molar refractivity (Wildman–Crippen MR) is 75.6 cm³/mol. The van der Waals surface area contributed by atoms with Crippen LogP contribution in [0.5, 0.6) is 0 Å². The maximum Gasteiger partial charge on any atom is 0.309 e. The fourth-order valence-electron chi connectivity index (χ4n) is 1.72. The Labute approximate surface area is 122 Å². The minimum atomic E-state index is -1.14. The number of nitro groups is 1. The van der Waals surface area contributed by atoms with Crippen molar-refractivity contribution < 1.29 is 19.6 Å². The van der Waals surface area contributed by atoms with E-state index in [0.29, 0.717) is 5.56 Å². The number of benzene rings is 1. The first kappa shape index (κ1) is 16.6. The van der Waals surface area contributed by atoms with E-state index < -0.39 is 16.3 Å². The van der Waals surface area contributed by atoms with E-state index in [-0.39, 0.29) is 24.6 Å². The van der Waals surface area contributed by atoms with Gasteiger partial charge >= 0.3 is 5.97 Å². The highest BCUT2D eigenvalue weighted by Gasteiger charge is 2.31. The average Bonchev–Trinajstić information content (AvgIpc) is 2.38. The minimum absolute atomic E-state index is 0.0424. The van der Waals surface area contributed by atoms with Crippen molar-refractivity contribution >= 4 is 17.6 Å². The second-order valence-corrected chi connectivity index (χ2v) is 5.54. The molecule has 0 aliphatic rings. The van der Waals surface area contributed by atoms with Gasteiger partial charge in [-0.15, -0.1) is 0 Å². The zero-order chi connectivity index (χ0) is 16.2. The van der Waals surface area contributed by atoms with Crippen molar-refractivity contribution in [2.24, 2.45) is 5.41 Å². The lowest BCUT2D eigenvalue weighted by Gasteiger charge is -2.23. The highest BCUT2D eigenvalue weighted by molar-refractivity contribution is 5.84. The molecule has 114 valence electrons. The minimum Gasteiger partial charge on any atom is -0.481 e. The molecule has 0 spiro atoms. The Morgan fingerprint density at radius 1 is 1.38 bits per heavy atom. The largest absolute Gasteiger partial charge is 0.481 e. The molecule has 1 aromatic carbocycles. The topological polar surface area (TPSA) is 101 Å². The van der Waals surface area contributed by atoms with Gasteiger partial charge in [-0.1, -0.05) is 12.1 Å². The maximum absolute atomic E-state index is 12.0. The molecule has 0 fully saturated rings. The lowest BCUT2D eigenvalue weighted by molar-refractivity contribution is -0.384. The first-order valence-corrected chi connectivity index (χ1v) is 6.34. The number of nitrogens with zero attached hydrogens (tertiary/aromatic N) is 2. The van der Waals surface area contributed by atoms with Crippen LogP contribution >= 0.6 is 0 Å².